The second kappa shape index (κ2) is 6.19. The number of likely N-dealkylation sites (tertiary alicyclic amines) is 1. The SMILES string of the molecule is NCCN1CCC(NC(=O)C2CCS(=O)(=O)C2)CC1. The number of rotatable bonds is 4. The molecular formula is C12H23N3O3S. The maximum atomic E-state index is 12.0. The van der Waals surface area contributed by atoms with Crippen molar-refractivity contribution < 1.29 is 13.2 Å². The predicted octanol–water partition coefficient (Wildman–Crippen LogP) is -1.04. The molecule has 1 amide bonds. The van der Waals surface area contributed by atoms with Crippen molar-refractivity contribution in [3.63, 3.8) is 0 Å². The van der Waals surface area contributed by atoms with Gasteiger partial charge in [0, 0.05) is 32.2 Å². The number of carbonyl (C=O) groups is 1. The number of sulfone groups is 1. The molecule has 7 heteroatoms. The number of nitrogens with one attached hydrogen (secondary N) is 1. The summed E-state index contributed by atoms with van der Waals surface area (Å²) in [7, 11) is -2.98. The normalized spacial score (nSPS) is 28.4. The summed E-state index contributed by atoms with van der Waals surface area (Å²) in [5, 5.41) is 3.00. The number of hydrogen-bond acceptors (Lipinski definition) is 5. The number of carbonyl (C=O) groups excluding carboxylic acids is 1. The van der Waals surface area contributed by atoms with Gasteiger partial charge in [0.2, 0.25) is 5.91 Å². The van der Waals surface area contributed by atoms with E-state index in [4.69, 9.17) is 5.73 Å². The summed E-state index contributed by atoms with van der Waals surface area (Å²) >= 11 is 0. The maximum Gasteiger partial charge on any atom is 0.224 e. The quantitative estimate of drug-likeness (QED) is 0.690. The lowest BCUT2D eigenvalue weighted by Crippen LogP contribution is -2.47. The van der Waals surface area contributed by atoms with E-state index >= 15 is 0 Å². The molecule has 3 N–H and O–H groups in total. The van der Waals surface area contributed by atoms with Gasteiger partial charge in [-0.25, -0.2) is 8.42 Å². The van der Waals surface area contributed by atoms with E-state index in [0.717, 1.165) is 32.5 Å². The van der Waals surface area contributed by atoms with Gasteiger partial charge in [-0.1, -0.05) is 0 Å². The summed E-state index contributed by atoms with van der Waals surface area (Å²) in [6.45, 7) is 3.47. The van der Waals surface area contributed by atoms with Crippen LogP contribution < -0.4 is 11.1 Å². The lowest BCUT2D eigenvalue weighted by molar-refractivity contribution is -0.125. The van der Waals surface area contributed by atoms with Crippen molar-refractivity contribution in [1.82, 2.24) is 10.2 Å². The molecule has 2 fully saturated rings. The van der Waals surface area contributed by atoms with E-state index in [1.807, 2.05) is 0 Å². The molecule has 2 aliphatic heterocycles. The van der Waals surface area contributed by atoms with E-state index in [9.17, 15) is 13.2 Å². The average Bonchev–Trinajstić information content (AvgIpc) is 2.73. The zero-order valence-electron chi connectivity index (χ0n) is 11.2. The van der Waals surface area contributed by atoms with Gasteiger partial charge in [0.15, 0.2) is 9.84 Å². The Morgan fingerprint density at radius 2 is 1.95 bits per heavy atom. The molecule has 0 saturated carbocycles. The van der Waals surface area contributed by atoms with Gasteiger partial charge in [-0.2, -0.15) is 0 Å². The fourth-order valence-electron chi connectivity index (χ4n) is 2.80. The summed E-state index contributed by atoms with van der Waals surface area (Å²) in [4.78, 5) is 14.3. The minimum absolute atomic E-state index is 0.0187. The molecule has 2 rings (SSSR count). The Balaban J connectivity index is 1.75. The number of nitrogens with two attached hydrogens (primary N) is 1. The second-order valence-electron chi connectivity index (χ2n) is 5.51. The highest BCUT2D eigenvalue weighted by atomic mass is 32.2. The fraction of sp³-hybridized carbons (Fsp3) is 0.917. The van der Waals surface area contributed by atoms with E-state index < -0.39 is 9.84 Å². The first kappa shape index (κ1) is 14.7. The van der Waals surface area contributed by atoms with E-state index in [2.05, 4.69) is 10.2 Å². The molecule has 2 heterocycles. The van der Waals surface area contributed by atoms with Crippen molar-refractivity contribution in [3.8, 4) is 0 Å². The van der Waals surface area contributed by atoms with Gasteiger partial charge in [-0.3, -0.25) is 4.79 Å². The Labute approximate surface area is 114 Å². The van der Waals surface area contributed by atoms with Crippen molar-refractivity contribution >= 4 is 15.7 Å². The third-order valence-corrected chi connectivity index (χ3v) is 5.75. The minimum Gasteiger partial charge on any atom is -0.353 e. The zero-order valence-corrected chi connectivity index (χ0v) is 12.0. The largest absolute Gasteiger partial charge is 0.353 e. The van der Waals surface area contributed by atoms with Gasteiger partial charge < -0.3 is 16.0 Å². The van der Waals surface area contributed by atoms with Gasteiger partial charge >= 0.3 is 0 Å². The van der Waals surface area contributed by atoms with Crippen molar-refractivity contribution in [2.24, 2.45) is 11.7 Å². The van der Waals surface area contributed by atoms with Gasteiger partial charge in [0.05, 0.1) is 17.4 Å². The molecule has 0 spiro atoms. The predicted molar refractivity (Wildman–Crippen MR) is 73.4 cm³/mol. The van der Waals surface area contributed by atoms with Gasteiger partial charge in [-0.15, -0.1) is 0 Å². The van der Waals surface area contributed by atoms with Crippen LogP contribution in [0, 0.1) is 5.92 Å². The molecule has 6 nitrogen and oxygen atoms in total. The lowest BCUT2D eigenvalue weighted by atomic mass is 10.0. The van der Waals surface area contributed by atoms with Crippen LogP contribution in [0.5, 0.6) is 0 Å². The zero-order chi connectivity index (χ0) is 13.9. The van der Waals surface area contributed by atoms with Crippen molar-refractivity contribution in [3.05, 3.63) is 0 Å². The molecule has 1 unspecified atom stereocenters. The number of hydrogen-bond donors (Lipinski definition) is 2. The van der Waals surface area contributed by atoms with Crippen LogP contribution in [0.25, 0.3) is 0 Å². The van der Waals surface area contributed by atoms with Crippen LogP contribution in [0.15, 0.2) is 0 Å². The van der Waals surface area contributed by atoms with E-state index in [-0.39, 0.29) is 29.4 Å². The molecule has 1 atom stereocenters. The van der Waals surface area contributed by atoms with Crippen molar-refractivity contribution in [2.75, 3.05) is 37.7 Å². The summed E-state index contributed by atoms with van der Waals surface area (Å²) in [5.41, 5.74) is 5.51. The van der Waals surface area contributed by atoms with E-state index in [1.165, 1.54) is 0 Å². The third-order valence-electron chi connectivity index (χ3n) is 3.98. The Bertz CT molecular complexity index is 416. The summed E-state index contributed by atoms with van der Waals surface area (Å²) in [6.07, 6.45) is 2.32. The molecule has 0 aliphatic carbocycles. The van der Waals surface area contributed by atoms with Crippen molar-refractivity contribution in [1.29, 1.82) is 0 Å². The summed E-state index contributed by atoms with van der Waals surface area (Å²) < 4.78 is 22.7. The molecular weight excluding hydrogens is 266 g/mol. The molecule has 0 aromatic rings. The smallest absolute Gasteiger partial charge is 0.224 e. The number of piperidine rings is 1. The lowest BCUT2D eigenvalue weighted by Gasteiger charge is -2.32. The topological polar surface area (TPSA) is 92.5 Å². The molecule has 2 saturated heterocycles. The van der Waals surface area contributed by atoms with Gasteiger partial charge in [0.25, 0.3) is 0 Å². The van der Waals surface area contributed by atoms with Crippen LogP contribution in [0.4, 0.5) is 0 Å². The Hall–Kier alpha value is -0.660. The Kier molecular flexibility index (Phi) is 4.81. The van der Waals surface area contributed by atoms with Gasteiger partial charge in [0.1, 0.15) is 0 Å². The molecule has 0 bridgehead atoms. The fourth-order valence-corrected chi connectivity index (χ4v) is 4.55. The minimum atomic E-state index is -2.98. The number of amides is 1. The van der Waals surface area contributed by atoms with Gasteiger partial charge in [-0.05, 0) is 19.3 Å². The highest BCUT2D eigenvalue weighted by Gasteiger charge is 2.34. The highest BCUT2D eigenvalue weighted by Crippen LogP contribution is 2.19. The van der Waals surface area contributed by atoms with E-state index in [1.54, 1.807) is 0 Å². The maximum absolute atomic E-state index is 12.0. The summed E-state index contributed by atoms with van der Waals surface area (Å²) in [5.74, 6) is -0.254. The van der Waals surface area contributed by atoms with Crippen LogP contribution in [-0.2, 0) is 14.6 Å². The van der Waals surface area contributed by atoms with Crippen LogP contribution >= 0.6 is 0 Å². The van der Waals surface area contributed by atoms with Crippen LogP contribution in [-0.4, -0.2) is 63.0 Å². The Morgan fingerprint density at radius 3 is 2.47 bits per heavy atom. The van der Waals surface area contributed by atoms with Crippen LogP contribution in [0.3, 0.4) is 0 Å². The highest BCUT2D eigenvalue weighted by molar-refractivity contribution is 7.91. The first-order chi connectivity index (χ1) is 9.00. The Morgan fingerprint density at radius 1 is 1.26 bits per heavy atom. The third kappa shape index (κ3) is 4.15. The second-order valence-corrected chi connectivity index (χ2v) is 7.74. The first-order valence-electron chi connectivity index (χ1n) is 6.93. The standard InChI is InChI=1S/C12H23N3O3S/c13-4-7-15-5-1-11(2-6-15)14-12(16)10-3-8-19(17,18)9-10/h10-11H,1-9,13H2,(H,14,16). The van der Waals surface area contributed by atoms with E-state index in [0.29, 0.717) is 13.0 Å². The summed E-state index contributed by atoms with van der Waals surface area (Å²) in [6, 6.07) is 0.185. The monoisotopic (exact) mass is 289 g/mol. The molecule has 0 aromatic heterocycles. The number of nitrogens with zero attached hydrogens (tertiary/aromatic N) is 1. The molecule has 19 heavy (non-hydrogen) atoms. The molecule has 110 valence electrons. The van der Waals surface area contributed by atoms with Crippen molar-refractivity contribution in [2.45, 2.75) is 25.3 Å². The first-order valence-corrected chi connectivity index (χ1v) is 8.75. The molecule has 0 radical (unpaired) electrons. The molecule has 0 aromatic carbocycles. The molecule has 2 aliphatic rings. The van der Waals surface area contributed by atoms with Crippen LogP contribution in [0.2, 0.25) is 0 Å². The average molecular weight is 289 g/mol. The van der Waals surface area contributed by atoms with Crippen LogP contribution in [0.1, 0.15) is 19.3 Å².